The molecule has 0 radical (unpaired) electrons. The smallest absolute Gasteiger partial charge is 0.410 e. The Kier molecular flexibility index (Phi) is 10.8. The Hall–Kier alpha value is -3.50. The van der Waals surface area contributed by atoms with Gasteiger partial charge in [0.15, 0.2) is 0 Å². The Bertz CT molecular complexity index is 1640. The Morgan fingerprint density at radius 2 is 1.68 bits per heavy atom. The molecule has 10 heteroatoms. The molecule has 2 aromatic heterocycles. The summed E-state index contributed by atoms with van der Waals surface area (Å²) in [4.78, 5) is 44.1. The van der Waals surface area contributed by atoms with E-state index in [-0.39, 0.29) is 24.0 Å². The summed E-state index contributed by atoms with van der Waals surface area (Å²) in [6, 6.07) is 11.1. The van der Waals surface area contributed by atoms with Crippen LogP contribution in [0.25, 0.3) is 10.4 Å². The SMILES string of the molecule is COc1ccc(C2CCC(CN(C(=O)C3CCC(OC(=O)N4CCC(N(C)C)C4)CC3)c3cc(-c4cnc(C5CC5)s4)ccn3)CC2)cc1C. The molecule has 4 aliphatic rings. The summed E-state index contributed by atoms with van der Waals surface area (Å²) in [5.41, 5.74) is 3.64. The number of ether oxygens (including phenoxy) is 2. The summed E-state index contributed by atoms with van der Waals surface area (Å²) < 4.78 is 11.5. The van der Waals surface area contributed by atoms with E-state index in [9.17, 15) is 9.59 Å². The highest BCUT2D eigenvalue weighted by molar-refractivity contribution is 7.15. The largest absolute Gasteiger partial charge is 0.496 e. The molecule has 1 saturated heterocycles. The molecule has 3 saturated carbocycles. The van der Waals surface area contributed by atoms with Gasteiger partial charge in [-0.25, -0.2) is 14.8 Å². The lowest BCUT2D eigenvalue weighted by Gasteiger charge is -2.36. The van der Waals surface area contributed by atoms with E-state index < -0.39 is 0 Å². The summed E-state index contributed by atoms with van der Waals surface area (Å²) in [7, 11) is 5.85. The topological polar surface area (TPSA) is 88.1 Å². The van der Waals surface area contributed by atoms with Gasteiger partial charge in [-0.1, -0.05) is 12.1 Å². The molecule has 2 amide bonds. The summed E-state index contributed by atoms with van der Waals surface area (Å²) in [5, 5.41) is 1.22. The van der Waals surface area contributed by atoms with Crippen LogP contribution in [0.15, 0.2) is 42.7 Å². The van der Waals surface area contributed by atoms with Crippen LogP contribution in [0, 0.1) is 18.8 Å². The van der Waals surface area contributed by atoms with Gasteiger partial charge in [0.2, 0.25) is 5.91 Å². The standard InChI is InChI=1S/C40H53N5O4S/c1-26-21-31(13-16-35(26)48-4)28-7-5-27(6-8-28)24-45(37-22-32(17-19-41-37)36-23-42-38(50-36)29-9-10-29)39(46)30-11-14-34(15-12-30)49-40(47)44-20-18-33(25-44)43(2)3/h13,16-17,19,21-23,27-30,33-34H,5-12,14-15,18,20,24-25H2,1-4H3. The number of benzene rings is 1. The second-order valence-electron chi connectivity index (χ2n) is 15.3. The van der Waals surface area contributed by atoms with Crippen LogP contribution in [-0.4, -0.2) is 84.8 Å². The zero-order valence-electron chi connectivity index (χ0n) is 30.2. The highest BCUT2D eigenvalue weighted by Gasteiger charge is 2.36. The Balaban J connectivity index is 1.02. The van der Waals surface area contributed by atoms with Gasteiger partial charge in [0.1, 0.15) is 17.7 Å². The molecule has 7 rings (SSSR count). The number of nitrogens with zero attached hydrogens (tertiary/aromatic N) is 5. The van der Waals surface area contributed by atoms with Crippen molar-refractivity contribution < 1.29 is 19.1 Å². The number of rotatable bonds is 10. The lowest BCUT2D eigenvalue weighted by Crippen LogP contribution is -2.43. The van der Waals surface area contributed by atoms with E-state index in [1.54, 1.807) is 18.4 Å². The summed E-state index contributed by atoms with van der Waals surface area (Å²) in [5.74, 6) is 3.27. The van der Waals surface area contributed by atoms with Crippen LogP contribution in [-0.2, 0) is 9.53 Å². The first-order valence-electron chi connectivity index (χ1n) is 18.8. The average Bonchev–Trinajstić information content (AvgIpc) is 3.63. The van der Waals surface area contributed by atoms with Gasteiger partial charge in [-0.3, -0.25) is 9.69 Å². The molecular formula is C40H53N5O4S. The third kappa shape index (κ3) is 8.01. The third-order valence-electron chi connectivity index (χ3n) is 11.6. The fourth-order valence-corrected chi connectivity index (χ4v) is 9.33. The summed E-state index contributed by atoms with van der Waals surface area (Å²) in [6.45, 7) is 4.24. The van der Waals surface area contributed by atoms with E-state index in [0.717, 1.165) is 73.5 Å². The Morgan fingerprint density at radius 1 is 0.920 bits per heavy atom. The highest BCUT2D eigenvalue weighted by Crippen LogP contribution is 2.44. The molecule has 0 N–H and O–H groups in total. The molecule has 50 heavy (non-hydrogen) atoms. The van der Waals surface area contributed by atoms with Crippen molar-refractivity contribution in [2.24, 2.45) is 11.8 Å². The monoisotopic (exact) mass is 699 g/mol. The number of carbonyl (C=O) groups is 2. The van der Waals surface area contributed by atoms with Gasteiger partial charge in [-0.05, 0) is 138 Å². The molecule has 3 aromatic rings. The van der Waals surface area contributed by atoms with E-state index in [1.165, 1.54) is 29.0 Å². The molecule has 3 heterocycles. The zero-order valence-corrected chi connectivity index (χ0v) is 31.0. The van der Waals surface area contributed by atoms with E-state index >= 15 is 0 Å². The maximum atomic E-state index is 14.5. The second-order valence-corrected chi connectivity index (χ2v) is 16.4. The molecule has 1 aliphatic heterocycles. The molecule has 3 aliphatic carbocycles. The Labute approximate surface area is 301 Å². The van der Waals surface area contributed by atoms with Gasteiger partial charge < -0.3 is 19.3 Å². The molecular weight excluding hydrogens is 647 g/mol. The van der Waals surface area contributed by atoms with Crippen LogP contribution in [0.1, 0.15) is 98.6 Å². The van der Waals surface area contributed by atoms with Crippen LogP contribution in [0.2, 0.25) is 0 Å². The molecule has 9 nitrogen and oxygen atoms in total. The zero-order chi connectivity index (χ0) is 34.8. The average molecular weight is 700 g/mol. The molecule has 1 atom stereocenters. The minimum Gasteiger partial charge on any atom is -0.496 e. The molecule has 1 aromatic carbocycles. The van der Waals surface area contributed by atoms with E-state index in [0.29, 0.717) is 49.7 Å². The van der Waals surface area contributed by atoms with Gasteiger partial charge in [0.05, 0.1) is 17.0 Å². The van der Waals surface area contributed by atoms with Crippen LogP contribution in [0.3, 0.4) is 0 Å². The van der Waals surface area contributed by atoms with Gasteiger partial charge >= 0.3 is 6.09 Å². The third-order valence-corrected chi connectivity index (χ3v) is 12.9. The number of likely N-dealkylation sites (N-methyl/N-ethyl adjacent to an activating group) is 1. The van der Waals surface area contributed by atoms with Crippen molar-refractivity contribution in [3.63, 3.8) is 0 Å². The van der Waals surface area contributed by atoms with Crippen LogP contribution in [0.5, 0.6) is 5.75 Å². The number of carbonyl (C=O) groups excluding carboxylic acids is 2. The minimum atomic E-state index is -0.208. The molecule has 0 bridgehead atoms. The van der Waals surface area contributed by atoms with Crippen molar-refractivity contribution >= 4 is 29.2 Å². The molecule has 1 unspecified atom stereocenters. The van der Waals surface area contributed by atoms with Crippen molar-refractivity contribution in [3.05, 3.63) is 58.9 Å². The first kappa shape index (κ1) is 34.9. The number of hydrogen-bond donors (Lipinski definition) is 0. The number of methoxy groups -OCH3 is 1. The lowest BCUT2D eigenvalue weighted by atomic mass is 9.78. The fraction of sp³-hybridized carbons (Fsp3) is 0.600. The predicted molar refractivity (Wildman–Crippen MR) is 198 cm³/mol. The maximum Gasteiger partial charge on any atom is 0.410 e. The first-order valence-corrected chi connectivity index (χ1v) is 19.6. The lowest BCUT2D eigenvalue weighted by molar-refractivity contribution is -0.124. The van der Waals surface area contributed by atoms with Crippen molar-refractivity contribution in [1.29, 1.82) is 0 Å². The number of aryl methyl sites for hydroxylation is 1. The van der Waals surface area contributed by atoms with Crippen LogP contribution < -0.4 is 9.64 Å². The summed E-state index contributed by atoms with van der Waals surface area (Å²) in [6.07, 6.45) is 14.2. The number of anilines is 1. The fourth-order valence-electron chi connectivity index (χ4n) is 8.24. The predicted octanol–water partition coefficient (Wildman–Crippen LogP) is 8.04. The minimum absolute atomic E-state index is 0.108. The number of thiazole rings is 1. The second kappa shape index (κ2) is 15.4. The van der Waals surface area contributed by atoms with Gasteiger partial charge in [0.25, 0.3) is 0 Å². The van der Waals surface area contributed by atoms with Gasteiger partial charge in [-0.15, -0.1) is 11.3 Å². The summed E-state index contributed by atoms with van der Waals surface area (Å²) >= 11 is 1.77. The van der Waals surface area contributed by atoms with Crippen molar-refractivity contribution in [1.82, 2.24) is 19.8 Å². The van der Waals surface area contributed by atoms with Gasteiger partial charge in [0, 0.05) is 49.9 Å². The van der Waals surface area contributed by atoms with E-state index in [2.05, 4.69) is 50.2 Å². The Morgan fingerprint density at radius 3 is 2.36 bits per heavy atom. The van der Waals surface area contributed by atoms with E-state index in [1.807, 2.05) is 28.3 Å². The molecule has 4 fully saturated rings. The van der Waals surface area contributed by atoms with Crippen LogP contribution >= 0.6 is 11.3 Å². The molecule has 0 spiro atoms. The number of hydrogen-bond acceptors (Lipinski definition) is 8. The maximum absolute atomic E-state index is 14.5. The molecule has 268 valence electrons. The number of pyridine rings is 1. The quantitative estimate of drug-likeness (QED) is 0.212. The number of amides is 2. The van der Waals surface area contributed by atoms with E-state index in [4.69, 9.17) is 19.4 Å². The van der Waals surface area contributed by atoms with Crippen molar-refractivity contribution in [2.75, 3.05) is 45.7 Å². The highest BCUT2D eigenvalue weighted by atomic mass is 32.1. The number of aromatic nitrogens is 2. The number of likely N-dealkylation sites (tertiary alicyclic amines) is 1. The first-order chi connectivity index (χ1) is 24.2. The normalized spacial score (nSPS) is 25.5. The van der Waals surface area contributed by atoms with Gasteiger partial charge in [-0.2, -0.15) is 0 Å². The van der Waals surface area contributed by atoms with Crippen molar-refractivity contribution in [3.8, 4) is 16.2 Å². The van der Waals surface area contributed by atoms with Crippen molar-refractivity contribution in [2.45, 2.75) is 102 Å². The van der Waals surface area contributed by atoms with Crippen LogP contribution in [0.4, 0.5) is 10.6 Å².